The van der Waals surface area contributed by atoms with E-state index < -0.39 is 5.60 Å². The third kappa shape index (κ3) is 5.33. The van der Waals surface area contributed by atoms with Gasteiger partial charge in [0.05, 0.1) is 6.61 Å². The molecule has 0 saturated carbocycles. The first-order valence-electron chi connectivity index (χ1n) is 11.2. The first-order chi connectivity index (χ1) is 15.1. The number of carbonyl (C=O) groups is 1. The van der Waals surface area contributed by atoms with Crippen molar-refractivity contribution in [2.45, 2.75) is 44.6 Å². The lowest BCUT2D eigenvalue weighted by Crippen LogP contribution is -2.58. The van der Waals surface area contributed by atoms with Crippen LogP contribution in [0.1, 0.15) is 48.6 Å². The van der Waals surface area contributed by atoms with Crippen LogP contribution in [-0.4, -0.2) is 52.8 Å². The zero-order valence-corrected chi connectivity index (χ0v) is 18.1. The van der Waals surface area contributed by atoms with Gasteiger partial charge in [-0.1, -0.05) is 42.3 Å². The molecule has 5 rings (SSSR count). The summed E-state index contributed by atoms with van der Waals surface area (Å²) in [5, 5.41) is 11.2. The van der Waals surface area contributed by atoms with Gasteiger partial charge >= 0.3 is 5.97 Å². The maximum Gasteiger partial charge on any atom is 0.306 e. The quantitative estimate of drug-likeness (QED) is 0.577. The first-order valence-corrected chi connectivity index (χ1v) is 11.2. The minimum absolute atomic E-state index is 0.194. The van der Waals surface area contributed by atoms with Gasteiger partial charge in [-0.15, -0.1) is 0 Å². The van der Waals surface area contributed by atoms with Gasteiger partial charge in [-0.2, -0.15) is 0 Å². The predicted octanol–water partition coefficient (Wildman–Crippen LogP) is 2.98. The molecule has 3 fully saturated rings. The minimum Gasteiger partial charge on any atom is -0.466 e. The second kappa shape index (κ2) is 9.64. The molecular formula is C26H30N2O3. The van der Waals surface area contributed by atoms with Crippen molar-refractivity contribution in [1.29, 1.82) is 0 Å². The largest absolute Gasteiger partial charge is 0.466 e. The molecule has 2 aromatic rings. The van der Waals surface area contributed by atoms with Gasteiger partial charge in [-0.05, 0) is 61.9 Å². The number of aromatic nitrogens is 1. The Balaban J connectivity index is 1.58. The van der Waals surface area contributed by atoms with Crippen LogP contribution in [0.3, 0.4) is 0 Å². The molecular weight excluding hydrogens is 388 g/mol. The zero-order valence-electron chi connectivity index (χ0n) is 18.1. The number of hydrogen-bond donors (Lipinski definition) is 1. The number of nitrogens with zero attached hydrogens (tertiary/aromatic N) is 2. The number of aryl methyl sites for hydroxylation is 1. The van der Waals surface area contributed by atoms with E-state index in [2.05, 4.69) is 39.9 Å². The average molecular weight is 419 g/mol. The number of benzene rings is 1. The van der Waals surface area contributed by atoms with Gasteiger partial charge in [0.15, 0.2) is 0 Å². The summed E-state index contributed by atoms with van der Waals surface area (Å²) in [6.45, 7) is 4.94. The SMILES string of the molecule is CCOC(=O)CCc1cnc(C#CC2(O)CN3CCC2CC3)c(Cc2ccccc2)c1. The fourth-order valence-electron chi connectivity index (χ4n) is 4.59. The van der Waals surface area contributed by atoms with Gasteiger partial charge in [-0.25, -0.2) is 4.98 Å². The lowest BCUT2D eigenvalue weighted by Gasteiger charge is -2.47. The van der Waals surface area contributed by atoms with E-state index in [4.69, 9.17) is 4.74 Å². The van der Waals surface area contributed by atoms with Gasteiger partial charge in [0.25, 0.3) is 0 Å². The van der Waals surface area contributed by atoms with Crippen LogP contribution in [0.2, 0.25) is 0 Å². The van der Waals surface area contributed by atoms with E-state index in [9.17, 15) is 9.90 Å². The van der Waals surface area contributed by atoms with Crippen LogP contribution < -0.4 is 0 Å². The third-order valence-corrected chi connectivity index (χ3v) is 6.31. The van der Waals surface area contributed by atoms with E-state index in [1.54, 1.807) is 6.20 Å². The van der Waals surface area contributed by atoms with Gasteiger partial charge in [0, 0.05) is 31.5 Å². The van der Waals surface area contributed by atoms with Crippen molar-refractivity contribution >= 4 is 5.97 Å². The number of fused-ring (bicyclic) bond motifs is 3. The second-order valence-corrected chi connectivity index (χ2v) is 8.54. The molecule has 0 spiro atoms. The fourth-order valence-corrected chi connectivity index (χ4v) is 4.59. The predicted molar refractivity (Wildman–Crippen MR) is 119 cm³/mol. The standard InChI is InChI=1S/C26H30N2O3/c1-2-31-25(29)9-8-21-17-22(16-20-6-4-3-5-7-20)24(27-18-21)10-13-26(30)19-28-14-11-23(26)12-15-28/h3-7,17-18,23,30H,2,8-9,11-12,14-16,19H2,1H3. The summed E-state index contributed by atoms with van der Waals surface area (Å²) in [6.07, 6.45) is 5.42. The maximum absolute atomic E-state index is 11.7. The number of esters is 1. The summed E-state index contributed by atoms with van der Waals surface area (Å²) in [5.74, 6) is 6.45. The molecule has 0 amide bonds. The Morgan fingerprint density at radius 1 is 1.26 bits per heavy atom. The van der Waals surface area contributed by atoms with Crippen LogP contribution in [0, 0.1) is 17.8 Å². The number of rotatable bonds is 6. The van der Waals surface area contributed by atoms with Crippen LogP contribution in [0.15, 0.2) is 42.6 Å². The fraction of sp³-hybridized carbons (Fsp3) is 0.462. The molecule has 5 heteroatoms. The van der Waals surface area contributed by atoms with Crippen LogP contribution in [-0.2, 0) is 22.4 Å². The molecule has 3 saturated heterocycles. The number of hydrogen-bond acceptors (Lipinski definition) is 5. The second-order valence-electron chi connectivity index (χ2n) is 8.54. The topological polar surface area (TPSA) is 62.7 Å². The average Bonchev–Trinajstić information content (AvgIpc) is 2.79. The normalized spacial score (nSPS) is 24.3. The minimum atomic E-state index is -0.954. The van der Waals surface area contributed by atoms with Crippen molar-refractivity contribution in [3.63, 3.8) is 0 Å². The van der Waals surface area contributed by atoms with E-state index in [1.807, 2.05) is 25.1 Å². The van der Waals surface area contributed by atoms with Crippen molar-refractivity contribution in [3.05, 3.63) is 65.0 Å². The summed E-state index contributed by atoms with van der Waals surface area (Å²) in [6, 6.07) is 12.3. The smallest absolute Gasteiger partial charge is 0.306 e. The Kier molecular flexibility index (Phi) is 6.70. The summed E-state index contributed by atoms with van der Waals surface area (Å²) in [7, 11) is 0. The monoisotopic (exact) mass is 418 g/mol. The van der Waals surface area contributed by atoms with Gasteiger partial charge < -0.3 is 9.84 Å². The molecule has 0 aliphatic carbocycles. The molecule has 1 aromatic heterocycles. The zero-order chi connectivity index (χ0) is 21.7. The Morgan fingerprint density at radius 2 is 2.03 bits per heavy atom. The Hall–Kier alpha value is -2.68. The van der Waals surface area contributed by atoms with Crippen LogP contribution in [0.25, 0.3) is 0 Å². The highest BCUT2D eigenvalue weighted by Crippen LogP contribution is 2.35. The Labute approximate surface area is 184 Å². The van der Waals surface area contributed by atoms with Crippen LogP contribution in [0.5, 0.6) is 0 Å². The summed E-state index contributed by atoms with van der Waals surface area (Å²) in [5.41, 5.74) is 2.94. The molecule has 3 aliphatic rings. The molecule has 0 radical (unpaired) electrons. The molecule has 2 bridgehead atoms. The van der Waals surface area contributed by atoms with Gasteiger partial charge in [-0.3, -0.25) is 9.69 Å². The molecule has 5 nitrogen and oxygen atoms in total. The number of carbonyl (C=O) groups excluding carboxylic acids is 1. The Bertz CT molecular complexity index is 971. The molecule has 1 unspecified atom stereocenters. The van der Waals surface area contributed by atoms with E-state index in [-0.39, 0.29) is 11.9 Å². The lowest BCUT2D eigenvalue weighted by molar-refractivity contribution is -0.143. The van der Waals surface area contributed by atoms with E-state index >= 15 is 0 Å². The maximum atomic E-state index is 11.7. The molecule has 162 valence electrons. The van der Waals surface area contributed by atoms with E-state index in [1.165, 1.54) is 5.56 Å². The molecule has 31 heavy (non-hydrogen) atoms. The number of piperidine rings is 3. The number of pyridine rings is 1. The van der Waals surface area contributed by atoms with Crippen LogP contribution >= 0.6 is 0 Å². The summed E-state index contributed by atoms with van der Waals surface area (Å²) < 4.78 is 5.04. The summed E-state index contributed by atoms with van der Waals surface area (Å²) in [4.78, 5) is 18.7. The highest BCUT2D eigenvalue weighted by molar-refractivity contribution is 5.69. The molecule has 1 aromatic carbocycles. The number of aliphatic hydroxyl groups is 1. The molecule has 4 heterocycles. The van der Waals surface area contributed by atoms with Crippen molar-refractivity contribution in [1.82, 2.24) is 9.88 Å². The van der Waals surface area contributed by atoms with E-state index in [0.717, 1.165) is 37.1 Å². The molecule has 3 aliphatic heterocycles. The van der Waals surface area contributed by atoms with Crippen molar-refractivity contribution in [2.75, 3.05) is 26.2 Å². The van der Waals surface area contributed by atoms with Crippen molar-refractivity contribution in [2.24, 2.45) is 5.92 Å². The van der Waals surface area contributed by atoms with Gasteiger partial charge in [0.1, 0.15) is 11.3 Å². The van der Waals surface area contributed by atoms with Gasteiger partial charge in [0.2, 0.25) is 0 Å². The molecule has 1 N–H and O–H groups in total. The molecule has 1 atom stereocenters. The summed E-state index contributed by atoms with van der Waals surface area (Å²) >= 11 is 0. The third-order valence-electron chi connectivity index (χ3n) is 6.31. The highest BCUT2D eigenvalue weighted by Gasteiger charge is 2.44. The van der Waals surface area contributed by atoms with E-state index in [0.29, 0.717) is 38.1 Å². The van der Waals surface area contributed by atoms with Crippen molar-refractivity contribution < 1.29 is 14.6 Å². The van der Waals surface area contributed by atoms with Crippen LogP contribution in [0.4, 0.5) is 0 Å². The number of ether oxygens (including phenoxy) is 1. The van der Waals surface area contributed by atoms with Crippen molar-refractivity contribution in [3.8, 4) is 11.8 Å². The first kappa shape index (κ1) is 21.5. The lowest BCUT2D eigenvalue weighted by atomic mass is 9.76. The highest BCUT2D eigenvalue weighted by atomic mass is 16.5. The Morgan fingerprint density at radius 3 is 2.71 bits per heavy atom.